The highest BCUT2D eigenvalue weighted by Crippen LogP contribution is 2.40. The molecule has 1 aliphatic rings. The smallest absolute Gasteiger partial charge is 0.417 e. The van der Waals surface area contributed by atoms with Crippen LogP contribution in [0.3, 0.4) is 0 Å². The van der Waals surface area contributed by atoms with E-state index in [1.54, 1.807) is 30.3 Å². The van der Waals surface area contributed by atoms with Crippen molar-refractivity contribution in [2.75, 3.05) is 6.61 Å². The van der Waals surface area contributed by atoms with Crippen LogP contribution in [0.5, 0.6) is 5.88 Å². The predicted octanol–water partition coefficient (Wildman–Crippen LogP) is 5.18. The van der Waals surface area contributed by atoms with E-state index < -0.39 is 11.7 Å². The number of aromatic nitrogens is 3. The first-order valence-electron chi connectivity index (χ1n) is 9.98. The molecule has 0 spiro atoms. The average Bonchev–Trinajstić information content (AvgIpc) is 3.34. The van der Waals surface area contributed by atoms with Gasteiger partial charge in [0.05, 0.1) is 10.9 Å². The number of aryl methyl sites for hydroxylation is 1. The Morgan fingerprint density at radius 2 is 1.90 bits per heavy atom. The Kier molecular flexibility index (Phi) is 5.49. The highest BCUT2D eigenvalue weighted by Gasteiger charge is 2.36. The zero-order valence-corrected chi connectivity index (χ0v) is 16.6. The van der Waals surface area contributed by atoms with Gasteiger partial charge in [-0.15, -0.1) is 0 Å². The van der Waals surface area contributed by atoms with Crippen molar-refractivity contribution in [2.24, 2.45) is 13.0 Å². The summed E-state index contributed by atoms with van der Waals surface area (Å²) in [5.74, 6) is 0.0114. The summed E-state index contributed by atoms with van der Waals surface area (Å²) < 4.78 is 48.4. The molecule has 2 aromatic heterocycles. The highest BCUT2D eigenvalue weighted by molar-refractivity contribution is 5.94. The fraction of sp³-hybridized carbons (Fsp3) is 0.409. The van der Waals surface area contributed by atoms with Crippen LogP contribution in [0.15, 0.2) is 36.4 Å². The molecule has 0 amide bonds. The zero-order chi connectivity index (χ0) is 21.3. The Hall–Kier alpha value is -2.90. The molecule has 3 aromatic rings. The van der Waals surface area contributed by atoms with Gasteiger partial charge in [-0.05, 0) is 5.92 Å². The van der Waals surface area contributed by atoms with Crippen LogP contribution < -0.4 is 4.74 Å². The summed E-state index contributed by atoms with van der Waals surface area (Å²) >= 11 is 0. The number of hydrogen-bond donors (Lipinski definition) is 0. The fourth-order valence-electron chi connectivity index (χ4n) is 4.07. The van der Waals surface area contributed by atoms with Crippen LogP contribution in [0.1, 0.15) is 37.7 Å². The maximum atomic E-state index is 13.9. The van der Waals surface area contributed by atoms with Crippen LogP contribution in [0.4, 0.5) is 13.2 Å². The molecule has 0 saturated heterocycles. The third-order valence-electron chi connectivity index (χ3n) is 5.49. The third kappa shape index (κ3) is 4.17. The molecular weight excluding hydrogens is 395 g/mol. The fourth-order valence-corrected chi connectivity index (χ4v) is 4.07. The van der Waals surface area contributed by atoms with Gasteiger partial charge in [-0.3, -0.25) is 4.79 Å². The van der Waals surface area contributed by atoms with Crippen molar-refractivity contribution in [2.45, 2.75) is 38.3 Å². The quantitative estimate of drug-likeness (QED) is 0.554. The van der Waals surface area contributed by atoms with E-state index in [1.165, 1.54) is 11.7 Å². The lowest BCUT2D eigenvalue weighted by Crippen LogP contribution is -2.16. The minimum absolute atomic E-state index is 0.0573. The van der Waals surface area contributed by atoms with Crippen molar-refractivity contribution >= 4 is 16.8 Å². The van der Waals surface area contributed by atoms with Gasteiger partial charge in [0.2, 0.25) is 5.88 Å². The molecule has 1 aliphatic carbocycles. The van der Waals surface area contributed by atoms with Crippen LogP contribution >= 0.6 is 0 Å². The molecule has 8 heteroatoms. The van der Waals surface area contributed by atoms with Gasteiger partial charge in [0.1, 0.15) is 12.3 Å². The Balaban J connectivity index is 1.67. The van der Waals surface area contributed by atoms with E-state index in [2.05, 4.69) is 10.1 Å². The number of rotatable bonds is 6. The summed E-state index contributed by atoms with van der Waals surface area (Å²) in [6.45, 7) is -0.282. The number of alkyl halides is 3. The molecule has 0 N–H and O–H groups in total. The van der Waals surface area contributed by atoms with Crippen molar-refractivity contribution in [3.63, 3.8) is 0 Å². The summed E-state index contributed by atoms with van der Waals surface area (Å²) in [5, 5.41) is 4.19. The summed E-state index contributed by atoms with van der Waals surface area (Å²) in [6, 6.07) is 9.53. The lowest BCUT2D eigenvalue weighted by atomic mass is 10.0. The molecule has 5 nitrogen and oxygen atoms in total. The number of nitrogens with zero attached hydrogens (tertiary/aromatic N) is 3. The second-order valence-corrected chi connectivity index (χ2v) is 7.72. The average molecular weight is 417 g/mol. The van der Waals surface area contributed by atoms with Gasteiger partial charge in [0, 0.05) is 25.1 Å². The number of carbonyl (C=O) groups is 1. The summed E-state index contributed by atoms with van der Waals surface area (Å²) in [6.07, 6.45) is 0.0568. The molecule has 1 fully saturated rings. The monoisotopic (exact) mass is 417 g/mol. The molecule has 1 saturated carbocycles. The van der Waals surface area contributed by atoms with Crippen LogP contribution in [-0.2, 0) is 18.0 Å². The maximum Gasteiger partial charge on any atom is 0.417 e. The molecular formula is C22H22F3N3O2. The molecule has 0 unspecified atom stereocenters. The SMILES string of the molecule is Cn1nc(-c2ccccc2)c2c(C(F)(F)F)cc(OCC(=O)CC3CCCC3)nc21. The lowest BCUT2D eigenvalue weighted by molar-refractivity contribution is -0.136. The van der Waals surface area contributed by atoms with Gasteiger partial charge < -0.3 is 4.74 Å². The first-order valence-corrected chi connectivity index (χ1v) is 9.98. The lowest BCUT2D eigenvalue weighted by Gasteiger charge is -2.13. The molecule has 158 valence electrons. The standard InChI is InChI=1S/C22H22F3N3O2/c1-28-21-19(20(27-28)15-9-3-2-4-10-15)17(22(23,24)25)12-18(26-21)30-13-16(29)11-14-7-5-6-8-14/h2-4,9-10,12,14H,5-8,11,13H2,1H3. The van der Waals surface area contributed by atoms with E-state index >= 15 is 0 Å². The van der Waals surface area contributed by atoms with Gasteiger partial charge in [0.15, 0.2) is 11.4 Å². The number of carbonyl (C=O) groups excluding carboxylic acids is 1. The van der Waals surface area contributed by atoms with Crippen LogP contribution in [-0.4, -0.2) is 27.2 Å². The van der Waals surface area contributed by atoms with E-state index in [-0.39, 0.29) is 35.0 Å². The van der Waals surface area contributed by atoms with Crippen molar-refractivity contribution in [1.82, 2.24) is 14.8 Å². The first-order chi connectivity index (χ1) is 14.3. The van der Waals surface area contributed by atoms with Crippen molar-refractivity contribution in [3.05, 3.63) is 42.0 Å². The van der Waals surface area contributed by atoms with Gasteiger partial charge in [-0.1, -0.05) is 56.0 Å². The Bertz CT molecular complexity index is 1050. The first kappa shape index (κ1) is 20.4. The number of fused-ring (bicyclic) bond motifs is 1. The minimum atomic E-state index is -4.63. The highest BCUT2D eigenvalue weighted by atomic mass is 19.4. The van der Waals surface area contributed by atoms with Gasteiger partial charge >= 0.3 is 6.18 Å². The molecule has 0 atom stereocenters. The molecule has 30 heavy (non-hydrogen) atoms. The largest absolute Gasteiger partial charge is 0.470 e. The Labute approximate surface area is 171 Å². The molecule has 0 radical (unpaired) electrons. The van der Waals surface area contributed by atoms with Crippen LogP contribution in [0.2, 0.25) is 0 Å². The number of ether oxygens (including phenoxy) is 1. The van der Waals surface area contributed by atoms with E-state index in [0.29, 0.717) is 17.9 Å². The Morgan fingerprint density at radius 1 is 1.20 bits per heavy atom. The maximum absolute atomic E-state index is 13.9. The number of Topliss-reactive ketones (excluding diaryl/α,β-unsaturated/α-hetero) is 1. The second kappa shape index (κ2) is 8.08. The molecule has 0 bridgehead atoms. The van der Waals surface area contributed by atoms with Gasteiger partial charge in [-0.2, -0.15) is 23.3 Å². The zero-order valence-electron chi connectivity index (χ0n) is 16.6. The number of ketones is 1. The van der Waals surface area contributed by atoms with Crippen LogP contribution in [0.25, 0.3) is 22.3 Å². The molecule has 0 aliphatic heterocycles. The number of pyridine rings is 1. The van der Waals surface area contributed by atoms with E-state index in [9.17, 15) is 18.0 Å². The second-order valence-electron chi connectivity index (χ2n) is 7.72. The normalized spacial score (nSPS) is 15.1. The number of hydrogen-bond acceptors (Lipinski definition) is 4. The van der Waals surface area contributed by atoms with E-state index in [0.717, 1.165) is 31.7 Å². The van der Waals surface area contributed by atoms with E-state index in [4.69, 9.17) is 4.74 Å². The van der Waals surface area contributed by atoms with Crippen molar-refractivity contribution < 1.29 is 22.7 Å². The van der Waals surface area contributed by atoms with Crippen molar-refractivity contribution in [3.8, 4) is 17.1 Å². The van der Waals surface area contributed by atoms with E-state index in [1.807, 2.05) is 0 Å². The number of benzene rings is 1. The topological polar surface area (TPSA) is 57.0 Å². The molecule has 2 heterocycles. The predicted molar refractivity (Wildman–Crippen MR) is 106 cm³/mol. The van der Waals surface area contributed by atoms with Crippen molar-refractivity contribution in [1.29, 1.82) is 0 Å². The Morgan fingerprint density at radius 3 is 2.57 bits per heavy atom. The summed E-state index contributed by atoms with van der Waals surface area (Å²) in [5.41, 5.74) is -0.0489. The summed E-state index contributed by atoms with van der Waals surface area (Å²) in [4.78, 5) is 16.4. The van der Waals surface area contributed by atoms with Gasteiger partial charge in [-0.25, -0.2) is 4.68 Å². The number of halogens is 3. The minimum Gasteiger partial charge on any atom is -0.470 e. The van der Waals surface area contributed by atoms with Crippen LogP contribution in [0, 0.1) is 5.92 Å². The molecule has 1 aromatic carbocycles. The third-order valence-corrected chi connectivity index (χ3v) is 5.49. The molecule has 4 rings (SSSR count). The summed E-state index contributed by atoms with van der Waals surface area (Å²) in [7, 11) is 1.54. The van der Waals surface area contributed by atoms with Gasteiger partial charge in [0.25, 0.3) is 0 Å².